The third-order valence-corrected chi connectivity index (χ3v) is 9.61. The molecule has 3 aromatic rings. The van der Waals surface area contributed by atoms with E-state index in [1.54, 1.807) is 28.4 Å². The number of fused-ring (bicyclic) bond motifs is 1. The van der Waals surface area contributed by atoms with E-state index in [-0.39, 0.29) is 29.0 Å². The standard InChI is InChI=1S/C24H28IN3O3S2/c1-17-16-27(2)24(32-17)26-21-7-10-28(11-8-21)23(29)9-12-33(30,31)22-6-5-19-13-18(15-25)3-4-20(19)14-22/h3-6,13-14,16,21H,7-12,15H2,1-2H3/b26-24-. The number of amides is 1. The van der Waals surface area contributed by atoms with Crippen molar-refractivity contribution in [1.29, 1.82) is 0 Å². The molecule has 33 heavy (non-hydrogen) atoms. The summed E-state index contributed by atoms with van der Waals surface area (Å²) in [5, 5.41) is 1.93. The molecule has 176 valence electrons. The average Bonchev–Trinajstić information content (AvgIpc) is 3.13. The third-order valence-electron chi connectivity index (χ3n) is 6.01. The van der Waals surface area contributed by atoms with Gasteiger partial charge in [-0.3, -0.25) is 9.79 Å². The van der Waals surface area contributed by atoms with Crippen LogP contribution in [0.15, 0.2) is 52.5 Å². The number of nitrogens with zero attached hydrogens (tertiary/aromatic N) is 3. The predicted molar refractivity (Wildman–Crippen MR) is 142 cm³/mol. The van der Waals surface area contributed by atoms with Crippen LogP contribution in [-0.2, 0) is 26.1 Å². The van der Waals surface area contributed by atoms with E-state index < -0.39 is 9.84 Å². The fraction of sp³-hybridized carbons (Fsp3) is 0.417. The number of sulfone groups is 1. The van der Waals surface area contributed by atoms with Crippen LogP contribution in [0.5, 0.6) is 0 Å². The van der Waals surface area contributed by atoms with Gasteiger partial charge in [-0.2, -0.15) is 0 Å². The summed E-state index contributed by atoms with van der Waals surface area (Å²) in [5.74, 6) is -0.264. The van der Waals surface area contributed by atoms with Crippen molar-refractivity contribution < 1.29 is 13.2 Å². The molecule has 2 aromatic carbocycles. The molecule has 9 heteroatoms. The van der Waals surface area contributed by atoms with E-state index in [0.717, 1.165) is 32.8 Å². The number of aryl methyl sites for hydroxylation is 2. The van der Waals surface area contributed by atoms with Crippen LogP contribution in [0.25, 0.3) is 10.8 Å². The Morgan fingerprint density at radius 1 is 1.15 bits per heavy atom. The molecule has 1 fully saturated rings. The highest BCUT2D eigenvalue weighted by molar-refractivity contribution is 14.1. The number of alkyl halides is 1. The summed E-state index contributed by atoms with van der Waals surface area (Å²) in [5.41, 5.74) is 1.21. The van der Waals surface area contributed by atoms with Gasteiger partial charge in [0.1, 0.15) is 0 Å². The highest BCUT2D eigenvalue weighted by Gasteiger charge is 2.24. The topological polar surface area (TPSA) is 71.7 Å². The minimum atomic E-state index is -3.52. The van der Waals surface area contributed by atoms with Crippen molar-refractivity contribution in [3.05, 3.63) is 57.8 Å². The number of hydrogen-bond donors (Lipinski definition) is 0. The Hall–Kier alpha value is -1.72. The number of piperidine rings is 1. The van der Waals surface area contributed by atoms with Crippen LogP contribution >= 0.6 is 33.9 Å². The van der Waals surface area contributed by atoms with Gasteiger partial charge in [0.05, 0.1) is 16.7 Å². The van der Waals surface area contributed by atoms with E-state index >= 15 is 0 Å². The van der Waals surface area contributed by atoms with E-state index in [1.807, 2.05) is 29.8 Å². The monoisotopic (exact) mass is 597 g/mol. The molecule has 1 aliphatic rings. The first kappa shape index (κ1) is 24.4. The summed E-state index contributed by atoms with van der Waals surface area (Å²) in [7, 11) is -1.52. The van der Waals surface area contributed by atoms with Gasteiger partial charge >= 0.3 is 0 Å². The molecule has 0 saturated carbocycles. The summed E-state index contributed by atoms with van der Waals surface area (Å²) in [6, 6.07) is 11.5. The van der Waals surface area contributed by atoms with Crippen molar-refractivity contribution in [2.75, 3.05) is 18.8 Å². The highest BCUT2D eigenvalue weighted by atomic mass is 127. The summed E-state index contributed by atoms with van der Waals surface area (Å²) in [6.45, 7) is 3.31. The molecule has 6 nitrogen and oxygen atoms in total. The number of likely N-dealkylation sites (tertiary alicyclic amines) is 1. The van der Waals surface area contributed by atoms with Crippen LogP contribution in [0, 0.1) is 6.92 Å². The summed E-state index contributed by atoms with van der Waals surface area (Å²) < 4.78 is 28.7. The van der Waals surface area contributed by atoms with Gasteiger partial charge in [0.25, 0.3) is 0 Å². The van der Waals surface area contributed by atoms with E-state index in [1.165, 1.54) is 10.4 Å². The van der Waals surface area contributed by atoms with Gasteiger partial charge in [0.15, 0.2) is 14.6 Å². The van der Waals surface area contributed by atoms with Crippen LogP contribution in [0.4, 0.5) is 0 Å². The first-order valence-corrected chi connectivity index (χ1v) is 15.0. The Morgan fingerprint density at radius 3 is 2.52 bits per heavy atom. The number of aromatic nitrogens is 1. The molecule has 1 amide bonds. The lowest BCUT2D eigenvalue weighted by atomic mass is 10.1. The fourth-order valence-corrected chi connectivity index (χ4v) is 6.77. The Bertz CT molecular complexity index is 1340. The number of carbonyl (C=O) groups is 1. The van der Waals surface area contributed by atoms with Crippen LogP contribution < -0.4 is 4.80 Å². The highest BCUT2D eigenvalue weighted by Crippen LogP contribution is 2.23. The first-order valence-electron chi connectivity index (χ1n) is 11.0. The molecule has 4 rings (SSSR count). The molecule has 1 saturated heterocycles. The molecular formula is C24H28IN3O3S2. The van der Waals surface area contributed by atoms with E-state index in [0.29, 0.717) is 13.1 Å². The zero-order valence-electron chi connectivity index (χ0n) is 18.8. The van der Waals surface area contributed by atoms with Gasteiger partial charge in [-0.1, -0.05) is 46.9 Å². The van der Waals surface area contributed by atoms with Gasteiger partial charge in [-0.05, 0) is 48.2 Å². The van der Waals surface area contributed by atoms with Crippen LogP contribution in [0.3, 0.4) is 0 Å². The maximum atomic E-state index is 12.9. The molecule has 0 bridgehead atoms. The van der Waals surface area contributed by atoms with Crippen molar-refractivity contribution in [2.45, 2.75) is 41.6 Å². The van der Waals surface area contributed by atoms with Crippen molar-refractivity contribution in [2.24, 2.45) is 12.0 Å². The second-order valence-corrected chi connectivity index (χ2v) is 12.6. The number of benzene rings is 2. The molecule has 0 unspecified atom stereocenters. The minimum Gasteiger partial charge on any atom is -0.343 e. The lowest BCUT2D eigenvalue weighted by Gasteiger charge is -2.30. The predicted octanol–water partition coefficient (Wildman–Crippen LogP) is 4.24. The minimum absolute atomic E-state index is 0.00896. The number of rotatable bonds is 6. The molecule has 1 aromatic heterocycles. The summed E-state index contributed by atoms with van der Waals surface area (Å²) in [4.78, 5) is 21.8. The Labute approximate surface area is 212 Å². The van der Waals surface area contributed by atoms with Crippen molar-refractivity contribution in [1.82, 2.24) is 9.47 Å². The molecule has 0 spiro atoms. The smallest absolute Gasteiger partial charge is 0.223 e. The first-order chi connectivity index (χ1) is 15.7. The maximum absolute atomic E-state index is 12.9. The molecular weight excluding hydrogens is 569 g/mol. The maximum Gasteiger partial charge on any atom is 0.223 e. The van der Waals surface area contributed by atoms with Crippen LogP contribution in [0.1, 0.15) is 29.7 Å². The second-order valence-electron chi connectivity index (χ2n) is 8.52. The number of thiazole rings is 1. The normalized spacial score (nSPS) is 16.0. The Morgan fingerprint density at radius 2 is 1.85 bits per heavy atom. The Balaban J connectivity index is 1.35. The lowest BCUT2D eigenvalue weighted by molar-refractivity contribution is -0.131. The SMILES string of the molecule is Cc1cn(C)/c(=N/C2CCN(C(=O)CCS(=O)(=O)c3ccc4cc(CI)ccc4c3)CC2)s1. The number of carbonyl (C=O) groups excluding carboxylic acids is 1. The van der Waals surface area contributed by atoms with Gasteiger partial charge in [0.2, 0.25) is 5.91 Å². The summed E-state index contributed by atoms with van der Waals surface area (Å²) in [6.07, 6.45) is 3.69. The van der Waals surface area contributed by atoms with Crippen molar-refractivity contribution in [3.63, 3.8) is 0 Å². The van der Waals surface area contributed by atoms with Gasteiger partial charge in [-0.15, -0.1) is 11.3 Å². The lowest BCUT2D eigenvalue weighted by Crippen LogP contribution is -2.40. The van der Waals surface area contributed by atoms with Gasteiger partial charge < -0.3 is 9.47 Å². The molecule has 1 aliphatic heterocycles. The summed E-state index contributed by atoms with van der Waals surface area (Å²) >= 11 is 3.99. The second kappa shape index (κ2) is 10.3. The van der Waals surface area contributed by atoms with E-state index in [9.17, 15) is 13.2 Å². The van der Waals surface area contributed by atoms with Crippen LogP contribution in [-0.4, -0.2) is 48.7 Å². The number of halogens is 1. The zero-order valence-corrected chi connectivity index (χ0v) is 22.6. The van der Waals surface area contributed by atoms with Crippen molar-refractivity contribution >= 4 is 60.4 Å². The average molecular weight is 598 g/mol. The third kappa shape index (κ3) is 5.86. The molecule has 0 radical (unpaired) electrons. The van der Waals surface area contributed by atoms with Crippen LogP contribution in [0.2, 0.25) is 0 Å². The molecule has 0 aliphatic carbocycles. The quantitative estimate of drug-likeness (QED) is 0.316. The molecule has 2 heterocycles. The largest absolute Gasteiger partial charge is 0.343 e. The molecule has 0 N–H and O–H groups in total. The van der Waals surface area contributed by atoms with E-state index in [4.69, 9.17) is 4.99 Å². The zero-order chi connectivity index (χ0) is 23.6. The fourth-order valence-electron chi connectivity index (χ4n) is 4.14. The molecule has 0 atom stereocenters. The van der Waals surface area contributed by atoms with E-state index in [2.05, 4.69) is 41.8 Å². The van der Waals surface area contributed by atoms with Crippen molar-refractivity contribution in [3.8, 4) is 0 Å². The van der Waals surface area contributed by atoms with Gasteiger partial charge in [0, 0.05) is 42.1 Å². The Kier molecular flexibility index (Phi) is 7.59. The van der Waals surface area contributed by atoms with Gasteiger partial charge in [-0.25, -0.2) is 8.42 Å². The number of hydrogen-bond acceptors (Lipinski definition) is 5.